The zero-order chi connectivity index (χ0) is 22.7. The van der Waals surface area contributed by atoms with Gasteiger partial charge in [0.2, 0.25) is 0 Å². The van der Waals surface area contributed by atoms with Gasteiger partial charge in [0.25, 0.3) is 0 Å². The van der Waals surface area contributed by atoms with Crippen LogP contribution in [0.25, 0.3) is 11.1 Å². The molecule has 1 N–H and O–H groups in total. The quantitative estimate of drug-likeness (QED) is 0.500. The normalized spacial score (nSPS) is 16.4. The number of ether oxygens (including phenoxy) is 2. The molecule has 0 radical (unpaired) electrons. The molecule has 2 atom stereocenters. The number of aliphatic carboxylic acids is 1. The molecule has 0 saturated carbocycles. The molecule has 0 fully saturated rings. The summed E-state index contributed by atoms with van der Waals surface area (Å²) in [7, 11) is 1.56. The minimum Gasteiger partial charge on any atom is -0.497 e. The molecule has 5 heteroatoms. The van der Waals surface area contributed by atoms with Crippen LogP contribution in [0.15, 0.2) is 60.7 Å². The molecular formula is C27H27FO4. The van der Waals surface area contributed by atoms with Gasteiger partial charge in [0.1, 0.15) is 23.4 Å². The van der Waals surface area contributed by atoms with E-state index >= 15 is 0 Å². The summed E-state index contributed by atoms with van der Waals surface area (Å²) < 4.78 is 25.9. The van der Waals surface area contributed by atoms with E-state index < -0.39 is 11.9 Å². The summed E-state index contributed by atoms with van der Waals surface area (Å²) in [5, 5.41) is 9.21. The molecule has 0 saturated heterocycles. The molecule has 0 amide bonds. The van der Waals surface area contributed by atoms with E-state index in [1.165, 1.54) is 6.07 Å². The maximum absolute atomic E-state index is 14.3. The van der Waals surface area contributed by atoms with Crippen molar-refractivity contribution in [2.45, 2.75) is 38.7 Å². The predicted octanol–water partition coefficient (Wildman–Crippen LogP) is 6.22. The summed E-state index contributed by atoms with van der Waals surface area (Å²) in [6.45, 7) is 1.71. The third-order valence-electron chi connectivity index (χ3n) is 6.04. The lowest BCUT2D eigenvalue weighted by molar-refractivity contribution is -0.141. The number of carboxylic acid groups (broad SMARTS) is 1. The van der Waals surface area contributed by atoms with E-state index in [2.05, 4.69) is 6.07 Å². The van der Waals surface area contributed by atoms with Crippen LogP contribution >= 0.6 is 0 Å². The maximum Gasteiger partial charge on any atom is 0.306 e. The fourth-order valence-electron chi connectivity index (χ4n) is 4.14. The Labute approximate surface area is 187 Å². The zero-order valence-electron chi connectivity index (χ0n) is 18.3. The first-order valence-corrected chi connectivity index (χ1v) is 10.9. The summed E-state index contributed by atoms with van der Waals surface area (Å²) in [5.41, 5.74) is 4.43. The Balaban J connectivity index is 1.56. The van der Waals surface area contributed by atoms with Crippen molar-refractivity contribution in [3.05, 3.63) is 83.2 Å². The van der Waals surface area contributed by atoms with Gasteiger partial charge in [-0.3, -0.25) is 4.79 Å². The van der Waals surface area contributed by atoms with E-state index in [-0.39, 0.29) is 11.9 Å². The van der Waals surface area contributed by atoms with Crippen LogP contribution in [0.3, 0.4) is 0 Å². The molecule has 0 bridgehead atoms. The van der Waals surface area contributed by atoms with E-state index in [0.717, 1.165) is 47.3 Å². The second kappa shape index (κ2) is 9.43. The lowest BCUT2D eigenvalue weighted by atomic mass is 9.98. The average Bonchev–Trinajstić information content (AvgIpc) is 3.01. The van der Waals surface area contributed by atoms with Crippen molar-refractivity contribution in [3.63, 3.8) is 0 Å². The Bertz CT molecular complexity index is 1110. The van der Waals surface area contributed by atoms with Crippen LogP contribution in [0.2, 0.25) is 0 Å². The number of aryl methyl sites for hydroxylation is 1. The van der Waals surface area contributed by atoms with Gasteiger partial charge in [-0.1, -0.05) is 43.3 Å². The minimum absolute atomic E-state index is 0.104. The minimum atomic E-state index is -0.800. The van der Waals surface area contributed by atoms with E-state index in [1.54, 1.807) is 26.2 Å². The number of hydrogen-bond acceptors (Lipinski definition) is 3. The molecule has 4 rings (SSSR count). The number of methoxy groups -OCH3 is 1. The van der Waals surface area contributed by atoms with Crippen molar-refractivity contribution >= 4 is 5.97 Å². The summed E-state index contributed by atoms with van der Waals surface area (Å²) in [6.07, 6.45) is 3.16. The van der Waals surface area contributed by atoms with Gasteiger partial charge < -0.3 is 14.6 Å². The van der Waals surface area contributed by atoms with Gasteiger partial charge in [-0.05, 0) is 72.2 Å². The SMILES string of the molecule is COc1ccc(F)c(-c2ccc(C3CCCc4ccc(CC(C)C(=O)O)cc4O3)cc2)c1. The summed E-state index contributed by atoms with van der Waals surface area (Å²) in [4.78, 5) is 11.2. The first-order valence-electron chi connectivity index (χ1n) is 10.9. The molecule has 32 heavy (non-hydrogen) atoms. The first-order chi connectivity index (χ1) is 15.4. The third-order valence-corrected chi connectivity index (χ3v) is 6.04. The molecule has 1 aliphatic heterocycles. The van der Waals surface area contributed by atoms with Crippen LogP contribution in [0.4, 0.5) is 4.39 Å². The predicted molar refractivity (Wildman–Crippen MR) is 122 cm³/mol. The lowest BCUT2D eigenvalue weighted by Gasteiger charge is -2.19. The van der Waals surface area contributed by atoms with E-state index in [0.29, 0.717) is 17.7 Å². The fourth-order valence-corrected chi connectivity index (χ4v) is 4.14. The van der Waals surface area contributed by atoms with Crippen LogP contribution in [0.5, 0.6) is 11.5 Å². The van der Waals surface area contributed by atoms with Crippen LogP contribution < -0.4 is 9.47 Å². The van der Waals surface area contributed by atoms with Crippen molar-refractivity contribution in [3.8, 4) is 22.6 Å². The molecule has 3 aromatic carbocycles. The monoisotopic (exact) mass is 434 g/mol. The van der Waals surface area contributed by atoms with E-state index in [4.69, 9.17) is 9.47 Å². The van der Waals surface area contributed by atoms with Crippen molar-refractivity contribution in [2.75, 3.05) is 7.11 Å². The van der Waals surface area contributed by atoms with E-state index in [9.17, 15) is 14.3 Å². The van der Waals surface area contributed by atoms with Crippen LogP contribution in [-0.2, 0) is 17.6 Å². The van der Waals surface area contributed by atoms with Gasteiger partial charge in [0, 0.05) is 5.56 Å². The molecule has 1 aliphatic rings. The standard InChI is InChI=1S/C27H27FO4/c1-17(27(29)30)14-18-6-7-20-4-3-5-25(32-26(20)15-18)21-10-8-19(9-11-21)23-16-22(31-2)12-13-24(23)28/h6-13,15-17,25H,3-5,14H2,1-2H3,(H,29,30). The first kappa shape index (κ1) is 21.9. The van der Waals surface area contributed by atoms with Gasteiger partial charge in [-0.25, -0.2) is 4.39 Å². The number of rotatable bonds is 6. The Morgan fingerprint density at radius 1 is 1.16 bits per heavy atom. The number of hydrogen-bond donors (Lipinski definition) is 1. The van der Waals surface area contributed by atoms with Crippen LogP contribution in [-0.4, -0.2) is 18.2 Å². The Morgan fingerprint density at radius 3 is 2.66 bits per heavy atom. The van der Waals surface area contributed by atoms with Gasteiger partial charge in [0.15, 0.2) is 0 Å². The highest BCUT2D eigenvalue weighted by atomic mass is 19.1. The summed E-state index contributed by atoms with van der Waals surface area (Å²) in [6, 6.07) is 18.5. The maximum atomic E-state index is 14.3. The molecule has 3 aromatic rings. The fraction of sp³-hybridized carbons (Fsp3) is 0.296. The highest BCUT2D eigenvalue weighted by Crippen LogP contribution is 2.36. The number of halogens is 1. The van der Waals surface area contributed by atoms with Gasteiger partial charge in [-0.15, -0.1) is 0 Å². The van der Waals surface area contributed by atoms with Crippen LogP contribution in [0, 0.1) is 11.7 Å². The van der Waals surface area contributed by atoms with Gasteiger partial charge in [-0.2, -0.15) is 0 Å². The Hall–Kier alpha value is -3.34. The topological polar surface area (TPSA) is 55.8 Å². The third kappa shape index (κ3) is 4.77. The number of benzene rings is 3. The number of carboxylic acids is 1. The smallest absolute Gasteiger partial charge is 0.306 e. The van der Waals surface area contributed by atoms with Crippen molar-refractivity contribution < 1.29 is 23.8 Å². The average molecular weight is 435 g/mol. The van der Waals surface area contributed by atoms with E-state index in [1.807, 2.05) is 36.4 Å². The molecule has 2 unspecified atom stereocenters. The number of fused-ring (bicyclic) bond motifs is 1. The molecule has 4 nitrogen and oxygen atoms in total. The Morgan fingerprint density at radius 2 is 1.94 bits per heavy atom. The van der Waals surface area contributed by atoms with Crippen molar-refractivity contribution in [2.24, 2.45) is 5.92 Å². The van der Waals surface area contributed by atoms with Crippen LogP contribution in [0.1, 0.15) is 42.6 Å². The second-order valence-corrected chi connectivity index (χ2v) is 8.35. The molecule has 0 spiro atoms. The number of carbonyl (C=O) groups is 1. The highest BCUT2D eigenvalue weighted by Gasteiger charge is 2.21. The molecule has 1 heterocycles. The summed E-state index contributed by atoms with van der Waals surface area (Å²) >= 11 is 0. The molecular weight excluding hydrogens is 407 g/mol. The molecule has 0 aromatic heterocycles. The zero-order valence-corrected chi connectivity index (χ0v) is 18.3. The van der Waals surface area contributed by atoms with Crippen molar-refractivity contribution in [1.29, 1.82) is 0 Å². The summed E-state index contributed by atoms with van der Waals surface area (Å²) in [5.74, 6) is -0.0977. The molecule has 166 valence electrons. The largest absolute Gasteiger partial charge is 0.497 e. The molecule has 0 aliphatic carbocycles. The highest BCUT2D eigenvalue weighted by molar-refractivity contribution is 5.70. The van der Waals surface area contributed by atoms with Gasteiger partial charge in [0.05, 0.1) is 13.0 Å². The Kier molecular flexibility index (Phi) is 6.45. The second-order valence-electron chi connectivity index (χ2n) is 8.35. The lowest BCUT2D eigenvalue weighted by Crippen LogP contribution is -2.12. The van der Waals surface area contributed by atoms with Gasteiger partial charge >= 0.3 is 5.97 Å². The van der Waals surface area contributed by atoms with Crippen molar-refractivity contribution in [1.82, 2.24) is 0 Å².